The van der Waals surface area contributed by atoms with Crippen molar-refractivity contribution in [1.82, 2.24) is 0 Å². The molecule has 4 saturated carbocycles. The minimum atomic E-state index is -1.93. The van der Waals surface area contributed by atoms with Crippen LogP contribution in [0.2, 0.25) is 15.7 Å². The van der Waals surface area contributed by atoms with Crippen LogP contribution in [0.3, 0.4) is 0 Å². The van der Waals surface area contributed by atoms with Crippen molar-refractivity contribution in [3.05, 3.63) is 0 Å². The number of hydrogen-bond donors (Lipinski definition) is 0. The molecule has 136 valence electrons. The zero-order valence-corrected chi connectivity index (χ0v) is 22.8. The van der Waals surface area contributed by atoms with Crippen LogP contribution in [0.4, 0.5) is 0 Å². The Morgan fingerprint density at radius 1 is 0.375 bits per heavy atom. The van der Waals surface area contributed by atoms with Gasteiger partial charge in [0.1, 0.15) is 0 Å². The van der Waals surface area contributed by atoms with Gasteiger partial charge >= 0.3 is 162 Å². The molecule has 5 rings (SSSR count). The first kappa shape index (κ1) is 18.3. The molecule has 5 aliphatic rings. The summed E-state index contributed by atoms with van der Waals surface area (Å²) in [5.41, 5.74) is 0. The molecule has 1 aliphatic heterocycles. The van der Waals surface area contributed by atoms with E-state index in [9.17, 15) is 0 Å². The van der Waals surface area contributed by atoms with Gasteiger partial charge in [0, 0.05) is 0 Å². The molecule has 0 atom stereocenters. The van der Waals surface area contributed by atoms with Gasteiger partial charge in [-0.3, -0.25) is 0 Å². The van der Waals surface area contributed by atoms with E-state index < -0.39 is 31.2 Å². The van der Waals surface area contributed by atoms with E-state index in [-0.39, 0.29) is 0 Å². The Balaban J connectivity index is 1.43. The van der Waals surface area contributed by atoms with Crippen molar-refractivity contribution in [1.29, 1.82) is 0 Å². The van der Waals surface area contributed by atoms with Crippen molar-refractivity contribution >= 4 is 43.5 Å². The van der Waals surface area contributed by atoms with Gasteiger partial charge in [0.15, 0.2) is 0 Å². The summed E-state index contributed by atoms with van der Waals surface area (Å²) >= 11 is -3.86. The van der Waals surface area contributed by atoms with E-state index in [1.54, 1.807) is 103 Å². The quantitative estimate of drug-likeness (QED) is 0.309. The molecule has 0 unspecified atom stereocenters. The SMILES string of the molecule is C1CC[CH]([Sn]2([CH]3CCCC3)[S][Sn]([CH]3CCCC3)([CH]3CCCC3)[S]2)C1. The summed E-state index contributed by atoms with van der Waals surface area (Å²) in [5, 5.41) is 0. The van der Waals surface area contributed by atoms with E-state index in [1.165, 1.54) is 15.7 Å². The Morgan fingerprint density at radius 3 is 0.792 bits per heavy atom. The average Bonchev–Trinajstić information content (AvgIpc) is 3.35. The van der Waals surface area contributed by atoms with Gasteiger partial charge in [0.05, 0.1) is 0 Å². The summed E-state index contributed by atoms with van der Waals surface area (Å²) in [6.07, 6.45) is 32.4. The fourth-order valence-corrected chi connectivity index (χ4v) is 258. The fraction of sp³-hybridized carbons (Fsp3) is 1.00. The molecule has 24 heavy (non-hydrogen) atoms. The van der Waals surface area contributed by atoms with E-state index in [4.69, 9.17) is 0 Å². The summed E-state index contributed by atoms with van der Waals surface area (Å²) in [6.45, 7) is 0. The molecule has 4 heteroatoms. The summed E-state index contributed by atoms with van der Waals surface area (Å²) < 4.78 is 5.30. The second kappa shape index (κ2) is 7.61. The molecule has 1 saturated heterocycles. The van der Waals surface area contributed by atoms with Crippen LogP contribution in [0.5, 0.6) is 0 Å². The van der Waals surface area contributed by atoms with Gasteiger partial charge in [0.25, 0.3) is 0 Å². The van der Waals surface area contributed by atoms with Crippen molar-refractivity contribution in [2.45, 2.75) is 118 Å². The summed E-state index contributed by atoms with van der Waals surface area (Å²) in [6, 6.07) is 0. The van der Waals surface area contributed by atoms with Crippen molar-refractivity contribution in [3.63, 3.8) is 0 Å². The third-order valence-corrected chi connectivity index (χ3v) is 176. The van der Waals surface area contributed by atoms with Gasteiger partial charge in [-0.1, -0.05) is 0 Å². The Morgan fingerprint density at radius 2 is 0.583 bits per heavy atom. The fourth-order valence-electron chi connectivity index (χ4n) is 7.15. The van der Waals surface area contributed by atoms with E-state index in [0.717, 1.165) is 0 Å². The van der Waals surface area contributed by atoms with E-state index >= 15 is 0 Å². The second-order valence-electron chi connectivity index (χ2n) is 9.57. The number of hydrogen-bond acceptors (Lipinski definition) is 2. The molecule has 1 heterocycles. The van der Waals surface area contributed by atoms with Crippen LogP contribution < -0.4 is 0 Å². The third-order valence-electron chi connectivity index (χ3n) is 8.33. The molecule has 5 fully saturated rings. The standard InChI is InChI=1S/4C5H9.2S.2Sn/c4*1-2-4-5-3-1;;;;/h4*1H,2-5H2;;;;. The molecule has 4 aliphatic carbocycles. The molecule has 0 amide bonds. The summed E-state index contributed by atoms with van der Waals surface area (Å²) in [5.74, 6) is 0. The van der Waals surface area contributed by atoms with E-state index in [0.29, 0.717) is 0 Å². The van der Waals surface area contributed by atoms with Crippen molar-refractivity contribution < 1.29 is 0 Å². The molecule has 0 N–H and O–H groups in total. The zero-order chi connectivity index (χ0) is 16.0. The van der Waals surface area contributed by atoms with Crippen molar-refractivity contribution in [2.24, 2.45) is 0 Å². The molecule has 0 aromatic rings. The first-order valence-corrected chi connectivity index (χ1v) is 33.4. The topological polar surface area (TPSA) is 0 Å². The van der Waals surface area contributed by atoms with Gasteiger partial charge < -0.3 is 0 Å². The van der Waals surface area contributed by atoms with Crippen LogP contribution in [0.25, 0.3) is 0 Å². The molecule has 0 bridgehead atoms. The Kier molecular flexibility index (Phi) is 5.81. The predicted octanol–water partition coefficient (Wildman–Crippen LogP) is 8.13. The van der Waals surface area contributed by atoms with Crippen molar-refractivity contribution in [3.8, 4) is 0 Å². The maximum absolute atomic E-state index is 3.04. The monoisotopic (exact) mass is 580 g/mol. The van der Waals surface area contributed by atoms with Gasteiger partial charge in [-0.15, -0.1) is 0 Å². The molecule has 0 aromatic heterocycles. The first-order chi connectivity index (χ1) is 11.8. The third kappa shape index (κ3) is 3.00. The average molecular weight is 578 g/mol. The molecule has 0 aromatic carbocycles. The van der Waals surface area contributed by atoms with Crippen LogP contribution in [-0.2, 0) is 0 Å². The normalized spacial score (nSPS) is 35.0. The van der Waals surface area contributed by atoms with Gasteiger partial charge in [-0.25, -0.2) is 0 Å². The molecule has 0 radical (unpaired) electrons. The molecule has 0 spiro atoms. The van der Waals surface area contributed by atoms with Gasteiger partial charge in [-0.2, -0.15) is 0 Å². The minimum absolute atomic E-state index is 1.32. The summed E-state index contributed by atoms with van der Waals surface area (Å²) in [7, 11) is 0. The molecular weight excluding hydrogens is 542 g/mol. The van der Waals surface area contributed by atoms with Crippen LogP contribution in [0.1, 0.15) is 103 Å². The number of rotatable bonds is 4. The van der Waals surface area contributed by atoms with Crippen LogP contribution in [-0.4, -0.2) is 31.2 Å². The van der Waals surface area contributed by atoms with Crippen LogP contribution in [0, 0.1) is 0 Å². The van der Waals surface area contributed by atoms with E-state index in [2.05, 4.69) is 12.3 Å². The Labute approximate surface area is 160 Å². The van der Waals surface area contributed by atoms with Crippen LogP contribution in [0.15, 0.2) is 0 Å². The van der Waals surface area contributed by atoms with Gasteiger partial charge in [-0.05, 0) is 0 Å². The Hall–Kier alpha value is 2.30. The zero-order valence-electron chi connectivity index (χ0n) is 15.4. The second-order valence-corrected chi connectivity index (χ2v) is 76.1. The predicted molar refractivity (Wildman–Crippen MR) is 116 cm³/mol. The maximum atomic E-state index is 3.04. The molecule has 0 nitrogen and oxygen atoms in total. The first-order valence-electron chi connectivity index (χ1n) is 11.2. The van der Waals surface area contributed by atoms with Crippen LogP contribution >= 0.6 is 12.3 Å². The summed E-state index contributed by atoms with van der Waals surface area (Å²) in [4.78, 5) is 0. The Bertz CT molecular complexity index is 363. The van der Waals surface area contributed by atoms with Gasteiger partial charge in [0.2, 0.25) is 0 Å². The molecular formula is C20H36S2Sn2. The van der Waals surface area contributed by atoms with E-state index in [1.807, 2.05) is 0 Å². The van der Waals surface area contributed by atoms with Crippen molar-refractivity contribution in [2.75, 3.05) is 0 Å².